The van der Waals surface area contributed by atoms with E-state index < -0.39 is 5.97 Å². The molecular formula is C27H29N3O3. The number of nitrogens with zero attached hydrogens (tertiary/aromatic N) is 3. The Kier molecular flexibility index (Phi) is 5.19. The first kappa shape index (κ1) is 21.6. The maximum Gasteiger partial charge on any atom is 0.339 e. The lowest BCUT2D eigenvalue weighted by Crippen LogP contribution is -2.39. The molecule has 1 aliphatic carbocycles. The number of hydrogen-bond donors (Lipinski definition) is 0. The van der Waals surface area contributed by atoms with Crippen molar-refractivity contribution in [1.82, 2.24) is 14.9 Å². The number of aromatic nitrogens is 2. The van der Waals surface area contributed by atoms with E-state index in [1.165, 1.54) is 0 Å². The molecule has 6 nitrogen and oxygen atoms in total. The molecule has 2 aliphatic rings. The molecule has 0 spiro atoms. The molecule has 5 rings (SSSR count). The summed E-state index contributed by atoms with van der Waals surface area (Å²) in [6, 6.07) is 13.1. The fourth-order valence-corrected chi connectivity index (χ4v) is 6.05. The standard InChI is InChI=1S/C27H29N3O3/c1-26(2)13-19-14-27(3,16-26)17-30(19)24(31)15-33-25(32)21-12-23(18-8-10-28-11-9-18)29-22-7-5-4-6-20(21)22/h4-12,19H,13-17H2,1-3H3. The number of hydrogen-bond acceptors (Lipinski definition) is 5. The average molecular weight is 444 g/mol. The second-order valence-electron chi connectivity index (χ2n) is 10.6. The monoisotopic (exact) mass is 443 g/mol. The molecule has 2 bridgehead atoms. The van der Waals surface area contributed by atoms with Crippen LogP contribution in [0.1, 0.15) is 50.4 Å². The molecule has 0 N–H and O–H groups in total. The third-order valence-electron chi connectivity index (χ3n) is 6.97. The first-order valence-electron chi connectivity index (χ1n) is 11.5. The first-order valence-corrected chi connectivity index (χ1v) is 11.5. The van der Waals surface area contributed by atoms with Gasteiger partial charge in [-0.05, 0) is 54.4 Å². The fourth-order valence-electron chi connectivity index (χ4n) is 6.05. The van der Waals surface area contributed by atoms with E-state index in [0.717, 1.165) is 31.4 Å². The van der Waals surface area contributed by atoms with Crippen molar-refractivity contribution in [3.63, 3.8) is 0 Å². The summed E-state index contributed by atoms with van der Waals surface area (Å²) in [5.41, 5.74) is 3.01. The smallest absolute Gasteiger partial charge is 0.339 e. The van der Waals surface area contributed by atoms with Gasteiger partial charge in [-0.2, -0.15) is 0 Å². The predicted molar refractivity (Wildman–Crippen MR) is 126 cm³/mol. The fraction of sp³-hybridized carbons (Fsp3) is 0.407. The van der Waals surface area contributed by atoms with Crippen LogP contribution in [-0.4, -0.2) is 45.9 Å². The molecular weight excluding hydrogens is 414 g/mol. The molecule has 6 heteroatoms. The summed E-state index contributed by atoms with van der Waals surface area (Å²) in [5, 5.41) is 0.707. The molecule has 1 saturated heterocycles. The minimum Gasteiger partial charge on any atom is -0.452 e. The first-order chi connectivity index (χ1) is 15.7. The van der Waals surface area contributed by atoms with Crippen LogP contribution in [0.5, 0.6) is 0 Å². The van der Waals surface area contributed by atoms with E-state index in [9.17, 15) is 9.59 Å². The van der Waals surface area contributed by atoms with E-state index in [0.29, 0.717) is 22.2 Å². The maximum atomic E-state index is 13.1. The minimum absolute atomic E-state index is 0.109. The molecule has 3 aromatic rings. The Balaban J connectivity index is 1.36. The third-order valence-corrected chi connectivity index (χ3v) is 6.97. The van der Waals surface area contributed by atoms with Crippen molar-refractivity contribution in [3.8, 4) is 11.3 Å². The van der Waals surface area contributed by atoms with E-state index in [2.05, 4.69) is 25.8 Å². The van der Waals surface area contributed by atoms with Crippen LogP contribution in [0, 0.1) is 10.8 Å². The Bertz CT molecular complexity index is 1220. The zero-order valence-corrected chi connectivity index (χ0v) is 19.4. The van der Waals surface area contributed by atoms with Gasteiger partial charge in [0.15, 0.2) is 6.61 Å². The van der Waals surface area contributed by atoms with Gasteiger partial charge < -0.3 is 9.64 Å². The molecule has 1 saturated carbocycles. The summed E-state index contributed by atoms with van der Waals surface area (Å²) in [5.74, 6) is -0.617. The number of amides is 1. The van der Waals surface area contributed by atoms with Crippen molar-refractivity contribution in [2.45, 2.75) is 46.1 Å². The summed E-state index contributed by atoms with van der Waals surface area (Å²) in [6.45, 7) is 7.32. The van der Waals surface area contributed by atoms with Crippen LogP contribution in [0.2, 0.25) is 0 Å². The lowest BCUT2D eigenvalue weighted by Gasteiger charge is -2.39. The second kappa shape index (κ2) is 7.94. The minimum atomic E-state index is -0.508. The van der Waals surface area contributed by atoms with Crippen LogP contribution in [0.3, 0.4) is 0 Å². The third kappa shape index (κ3) is 4.22. The van der Waals surface area contributed by atoms with E-state index in [4.69, 9.17) is 9.72 Å². The van der Waals surface area contributed by atoms with Gasteiger partial charge >= 0.3 is 5.97 Å². The second-order valence-corrected chi connectivity index (χ2v) is 10.6. The SMILES string of the molecule is CC1(C)CC2CC(C)(CN2C(=O)COC(=O)c2cc(-c3ccncc3)nc3ccccc23)C1. The Morgan fingerprint density at radius 1 is 1.09 bits per heavy atom. The zero-order valence-electron chi connectivity index (χ0n) is 19.4. The Morgan fingerprint density at radius 2 is 1.85 bits per heavy atom. The molecule has 2 atom stereocenters. The molecule has 170 valence electrons. The lowest BCUT2D eigenvalue weighted by molar-refractivity contribution is -0.135. The molecule has 2 unspecified atom stereocenters. The number of carbonyl (C=O) groups is 2. The van der Waals surface area contributed by atoms with Crippen molar-refractivity contribution in [2.75, 3.05) is 13.2 Å². The summed E-state index contributed by atoms with van der Waals surface area (Å²) >= 11 is 0. The van der Waals surface area contributed by atoms with Crippen LogP contribution in [0.25, 0.3) is 22.2 Å². The maximum absolute atomic E-state index is 13.1. The molecule has 2 aromatic heterocycles. The van der Waals surface area contributed by atoms with E-state index in [1.54, 1.807) is 18.5 Å². The zero-order chi connectivity index (χ0) is 23.2. The highest BCUT2D eigenvalue weighted by Gasteiger charge is 2.50. The van der Waals surface area contributed by atoms with Crippen LogP contribution >= 0.6 is 0 Å². The van der Waals surface area contributed by atoms with E-state index >= 15 is 0 Å². The van der Waals surface area contributed by atoms with Gasteiger partial charge in [0.05, 0.1) is 16.8 Å². The summed E-state index contributed by atoms with van der Waals surface area (Å²) in [7, 11) is 0. The molecule has 3 heterocycles. The number of carbonyl (C=O) groups excluding carboxylic acids is 2. The van der Waals surface area contributed by atoms with Gasteiger partial charge in [0.25, 0.3) is 5.91 Å². The van der Waals surface area contributed by atoms with Crippen LogP contribution in [0.15, 0.2) is 54.9 Å². The molecule has 0 radical (unpaired) electrons. The lowest BCUT2D eigenvalue weighted by atomic mass is 9.65. The van der Waals surface area contributed by atoms with Gasteiger partial charge in [0, 0.05) is 35.9 Å². The van der Waals surface area contributed by atoms with Gasteiger partial charge in [0.2, 0.25) is 0 Å². The highest BCUT2D eigenvalue weighted by molar-refractivity contribution is 6.05. The summed E-state index contributed by atoms with van der Waals surface area (Å²) < 4.78 is 5.56. The highest BCUT2D eigenvalue weighted by atomic mass is 16.5. The number of fused-ring (bicyclic) bond motifs is 3. The van der Waals surface area contributed by atoms with E-state index in [1.807, 2.05) is 41.3 Å². The number of pyridine rings is 2. The topological polar surface area (TPSA) is 72.4 Å². The Hall–Kier alpha value is -3.28. The number of benzene rings is 1. The van der Waals surface area contributed by atoms with E-state index in [-0.39, 0.29) is 29.4 Å². The molecule has 1 aliphatic heterocycles. The number of esters is 1. The number of likely N-dealkylation sites (tertiary alicyclic amines) is 1. The summed E-state index contributed by atoms with van der Waals surface area (Å²) in [4.78, 5) is 36.9. The van der Waals surface area contributed by atoms with Crippen LogP contribution in [0.4, 0.5) is 0 Å². The van der Waals surface area contributed by atoms with Crippen molar-refractivity contribution in [1.29, 1.82) is 0 Å². The van der Waals surface area contributed by atoms with Gasteiger partial charge in [-0.1, -0.05) is 39.0 Å². The Morgan fingerprint density at radius 3 is 2.64 bits per heavy atom. The Labute approximate surface area is 194 Å². The van der Waals surface area contributed by atoms with Crippen LogP contribution < -0.4 is 0 Å². The molecule has 2 fully saturated rings. The highest BCUT2D eigenvalue weighted by Crippen LogP contribution is 2.52. The molecule has 1 aromatic carbocycles. The summed E-state index contributed by atoms with van der Waals surface area (Å²) in [6.07, 6.45) is 6.52. The number of ether oxygens (including phenoxy) is 1. The normalized spacial score (nSPS) is 23.5. The van der Waals surface area contributed by atoms with Crippen molar-refractivity contribution >= 4 is 22.8 Å². The average Bonchev–Trinajstić information content (AvgIpc) is 3.05. The van der Waals surface area contributed by atoms with Gasteiger partial charge in [-0.15, -0.1) is 0 Å². The van der Waals surface area contributed by atoms with Crippen molar-refractivity contribution < 1.29 is 14.3 Å². The predicted octanol–water partition coefficient (Wildman–Crippen LogP) is 4.88. The number of rotatable bonds is 4. The largest absolute Gasteiger partial charge is 0.452 e. The van der Waals surface area contributed by atoms with Gasteiger partial charge in [-0.25, -0.2) is 9.78 Å². The molecule has 1 amide bonds. The quantitative estimate of drug-likeness (QED) is 0.538. The van der Waals surface area contributed by atoms with Gasteiger partial charge in [-0.3, -0.25) is 9.78 Å². The molecule has 33 heavy (non-hydrogen) atoms. The van der Waals surface area contributed by atoms with Crippen molar-refractivity contribution in [3.05, 3.63) is 60.4 Å². The van der Waals surface area contributed by atoms with Crippen LogP contribution in [-0.2, 0) is 9.53 Å². The van der Waals surface area contributed by atoms with Gasteiger partial charge in [0.1, 0.15) is 0 Å². The number of para-hydroxylation sites is 1. The van der Waals surface area contributed by atoms with Crippen molar-refractivity contribution in [2.24, 2.45) is 10.8 Å².